The van der Waals surface area contributed by atoms with Gasteiger partial charge in [-0.05, 0) is 19.3 Å². The molecule has 0 aromatic rings. The van der Waals surface area contributed by atoms with Crippen molar-refractivity contribution in [2.24, 2.45) is 5.11 Å². The summed E-state index contributed by atoms with van der Waals surface area (Å²) in [5.41, 5.74) is 7.21. The van der Waals surface area contributed by atoms with Crippen LogP contribution in [0.3, 0.4) is 0 Å². The number of aliphatic hydroxyl groups is 1. The Morgan fingerprint density at radius 3 is 2.44 bits per heavy atom. The van der Waals surface area contributed by atoms with Crippen molar-refractivity contribution in [1.82, 2.24) is 0 Å². The lowest BCUT2D eigenvalue weighted by Gasteiger charge is -2.09. The first-order chi connectivity index (χ1) is 4.34. The molecule has 0 bridgehead atoms. The summed E-state index contributed by atoms with van der Waals surface area (Å²) in [5.74, 6) is 0.316. The average molecular weight is 126 g/mol. The minimum Gasteiger partial charge on any atom is -0.510 e. The standard InChI is InChI=1S/C6H10N2O/c7-8-5-3-1-2-4-6(5)9/h7,9H,1-4H2. The summed E-state index contributed by atoms with van der Waals surface area (Å²) >= 11 is 0. The van der Waals surface area contributed by atoms with Crippen molar-refractivity contribution in [2.75, 3.05) is 0 Å². The highest BCUT2D eigenvalue weighted by Gasteiger charge is 2.09. The lowest BCUT2D eigenvalue weighted by atomic mass is 10.0. The molecular formula is C6H10N2O. The summed E-state index contributed by atoms with van der Waals surface area (Å²) in [4.78, 5) is 0. The molecule has 3 nitrogen and oxygen atoms in total. The molecule has 0 radical (unpaired) electrons. The third-order valence-electron chi connectivity index (χ3n) is 1.55. The number of nitrogens with zero attached hydrogens (tertiary/aromatic N) is 1. The van der Waals surface area contributed by atoms with Gasteiger partial charge < -0.3 is 5.11 Å². The molecule has 1 aliphatic carbocycles. The van der Waals surface area contributed by atoms with Gasteiger partial charge in [0.05, 0.1) is 5.70 Å². The second-order valence-electron chi connectivity index (χ2n) is 2.21. The van der Waals surface area contributed by atoms with Crippen molar-refractivity contribution in [3.8, 4) is 0 Å². The van der Waals surface area contributed by atoms with Gasteiger partial charge in [0, 0.05) is 6.42 Å². The Hall–Kier alpha value is -0.860. The fourth-order valence-electron chi connectivity index (χ4n) is 0.994. The van der Waals surface area contributed by atoms with Gasteiger partial charge in [-0.2, -0.15) is 5.11 Å². The normalized spacial score (nSPS) is 20.0. The predicted octanol–water partition coefficient (Wildman–Crippen LogP) is 2.36. The molecule has 0 atom stereocenters. The molecule has 0 fully saturated rings. The molecule has 0 saturated carbocycles. The quantitative estimate of drug-likeness (QED) is 0.520. The van der Waals surface area contributed by atoms with Crippen LogP contribution in [0.25, 0.3) is 0 Å². The van der Waals surface area contributed by atoms with E-state index in [-0.39, 0.29) is 0 Å². The number of hydrogen-bond donors (Lipinski definition) is 2. The van der Waals surface area contributed by atoms with E-state index >= 15 is 0 Å². The maximum Gasteiger partial charge on any atom is 0.115 e. The third-order valence-corrected chi connectivity index (χ3v) is 1.55. The van der Waals surface area contributed by atoms with E-state index < -0.39 is 0 Å². The molecule has 0 amide bonds. The first-order valence-electron chi connectivity index (χ1n) is 3.13. The van der Waals surface area contributed by atoms with Gasteiger partial charge in [-0.3, -0.25) is 0 Å². The molecule has 0 aromatic heterocycles. The predicted molar refractivity (Wildman–Crippen MR) is 33.3 cm³/mol. The lowest BCUT2D eigenvalue weighted by molar-refractivity contribution is 0.356. The molecule has 0 aliphatic heterocycles. The Balaban J connectivity index is 2.70. The van der Waals surface area contributed by atoms with Gasteiger partial charge in [0.15, 0.2) is 0 Å². The average Bonchev–Trinajstić information content (AvgIpc) is 1.89. The van der Waals surface area contributed by atoms with Gasteiger partial charge >= 0.3 is 0 Å². The van der Waals surface area contributed by atoms with Crippen LogP contribution in [0.5, 0.6) is 0 Å². The topological polar surface area (TPSA) is 56.4 Å². The molecule has 50 valence electrons. The van der Waals surface area contributed by atoms with Crippen LogP contribution in [0.15, 0.2) is 16.6 Å². The zero-order valence-electron chi connectivity index (χ0n) is 5.22. The van der Waals surface area contributed by atoms with Crippen LogP contribution in [-0.2, 0) is 0 Å². The van der Waals surface area contributed by atoms with E-state index in [0.29, 0.717) is 17.9 Å². The molecule has 9 heavy (non-hydrogen) atoms. The van der Waals surface area contributed by atoms with Crippen molar-refractivity contribution in [3.05, 3.63) is 11.5 Å². The van der Waals surface area contributed by atoms with Crippen LogP contribution in [-0.4, -0.2) is 5.11 Å². The molecule has 1 aliphatic rings. The van der Waals surface area contributed by atoms with E-state index in [1.807, 2.05) is 0 Å². The van der Waals surface area contributed by atoms with Gasteiger partial charge in [-0.25, -0.2) is 5.53 Å². The van der Waals surface area contributed by atoms with Crippen LogP contribution in [0.2, 0.25) is 0 Å². The largest absolute Gasteiger partial charge is 0.510 e. The Morgan fingerprint density at radius 2 is 2.00 bits per heavy atom. The van der Waals surface area contributed by atoms with Crippen LogP contribution >= 0.6 is 0 Å². The van der Waals surface area contributed by atoms with E-state index in [1.165, 1.54) is 0 Å². The molecule has 3 heteroatoms. The van der Waals surface area contributed by atoms with Crippen LogP contribution in [0, 0.1) is 5.53 Å². The molecule has 2 N–H and O–H groups in total. The minimum atomic E-state index is 0.316. The maximum absolute atomic E-state index is 9.03. The Kier molecular flexibility index (Phi) is 1.82. The summed E-state index contributed by atoms with van der Waals surface area (Å²) < 4.78 is 0. The van der Waals surface area contributed by atoms with Gasteiger partial charge in [0.25, 0.3) is 0 Å². The Morgan fingerprint density at radius 1 is 1.33 bits per heavy atom. The van der Waals surface area contributed by atoms with Crippen molar-refractivity contribution < 1.29 is 5.11 Å². The van der Waals surface area contributed by atoms with E-state index in [0.717, 1.165) is 19.3 Å². The van der Waals surface area contributed by atoms with Crippen LogP contribution in [0.4, 0.5) is 0 Å². The van der Waals surface area contributed by atoms with Gasteiger partial charge in [-0.1, -0.05) is 0 Å². The SMILES string of the molecule is N=NC1=C(O)CCCC1. The minimum absolute atomic E-state index is 0.316. The van der Waals surface area contributed by atoms with Crippen molar-refractivity contribution in [2.45, 2.75) is 25.7 Å². The van der Waals surface area contributed by atoms with Crippen molar-refractivity contribution in [3.63, 3.8) is 0 Å². The maximum atomic E-state index is 9.03. The van der Waals surface area contributed by atoms with E-state index in [2.05, 4.69) is 5.11 Å². The molecule has 0 heterocycles. The Labute approximate surface area is 53.9 Å². The zero-order valence-corrected chi connectivity index (χ0v) is 5.22. The smallest absolute Gasteiger partial charge is 0.115 e. The summed E-state index contributed by atoms with van der Waals surface area (Å²) in [6.07, 6.45) is 3.57. The number of aliphatic hydroxyl groups excluding tert-OH is 1. The second-order valence-corrected chi connectivity index (χ2v) is 2.21. The number of rotatable bonds is 1. The molecule has 0 aromatic carbocycles. The van der Waals surface area contributed by atoms with E-state index in [9.17, 15) is 0 Å². The number of allylic oxidation sites excluding steroid dienone is 2. The highest BCUT2D eigenvalue weighted by molar-refractivity contribution is 5.07. The molecular weight excluding hydrogens is 116 g/mol. The molecule has 0 spiro atoms. The summed E-state index contributed by atoms with van der Waals surface area (Å²) in [5, 5.41) is 12.2. The first kappa shape index (κ1) is 6.26. The highest BCUT2D eigenvalue weighted by atomic mass is 16.3. The molecule has 0 unspecified atom stereocenters. The van der Waals surface area contributed by atoms with Crippen molar-refractivity contribution >= 4 is 0 Å². The fourth-order valence-corrected chi connectivity index (χ4v) is 0.994. The van der Waals surface area contributed by atoms with Crippen molar-refractivity contribution in [1.29, 1.82) is 5.53 Å². The summed E-state index contributed by atoms with van der Waals surface area (Å²) in [6.45, 7) is 0. The van der Waals surface area contributed by atoms with E-state index in [4.69, 9.17) is 10.6 Å². The number of hydrogen-bond acceptors (Lipinski definition) is 3. The number of nitrogens with one attached hydrogen (secondary N) is 1. The monoisotopic (exact) mass is 126 g/mol. The Bertz CT molecular complexity index is 151. The second kappa shape index (κ2) is 2.62. The summed E-state index contributed by atoms with van der Waals surface area (Å²) in [6, 6.07) is 0. The first-order valence-corrected chi connectivity index (χ1v) is 3.13. The van der Waals surface area contributed by atoms with Gasteiger partial charge in [0.1, 0.15) is 5.76 Å². The molecule has 1 rings (SSSR count). The van der Waals surface area contributed by atoms with Gasteiger partial charge in [0.2, 0.25) is 0 Å². The van der Waals surface area contributed by atoms with Crippen LogP contribution < -0.4 is 0 Å². The van der Waals surface area contributed by atoms with Gasteiger partial charge in [-0.15, -0.1) is 0 Å². The summed E-state index contributed by atoms with van der Waals surface area (Å²) in [7, 11) is 0. The van der Waals surface area contributed by atoms with E-state index in [1.54, 1.807) is 0 Å². The zero-order chi connectivity index (χ0) is 6.69. The molecule has 0 saturated heterocycles. The fraction of sp³-hybridized carbons (Fsp3) is 0.667. The lowest BCUT2D eigenvalue weighted by Crippen LogP contribution is -1.95. The van der Waals surface area contributed by atoms with Crippen LogP contribution in [0.1, 0.15) is 25.7 Å². The highest BCUT2D eigenvalue weighted by Crippen LogP contribution is 2.22. The third kappa shape index (κ3) is 1.28.